The molecule has 12 heavy (non-hydrogen) atoms. The van der Waals surface area contributed by atoms with Crippen LogP contribution in [0.4, 0.5) is 0 Å². The van der Waals surface area contributed by atoms with Crippen molar-refractivity contribution in [1.29, 1.82) is 0 Å². The largest absolute Gasteiger partial charge is 0.335 e. The van der Waals surface area contributed by atoms with Gasteiger partial charge in [-0.05, 0) is 33.6 Å². The molecule has 1 fully saturated rings. The van der Waals surface area contributed by atoms with Crippen LogP contribution < -0.4 is 0 Å². The van der Waals surface area contributed by atoms with Gasteiger partial charge >= 0.3 is 0 Å². The molecule has 70 valence electrons. The first-order valence-corrected chi connectivity index (χ1v) is 4.79. The number of hydrogen-bond donors (Lipinski definition) is 0. The van der Waals surface area contributed by atoms with Crippen molar-refractivity contribution in [2.24, 2.45) is 0 Å². The zero-order valence-electron chi connectivity index (χ0n) is 8.55. The molecule has 1 atom stereocenters. The lowest BCUT2D eigenvalue weighted by Gasteiger charge is -2.36. The van der Waals surface area contributed by atoms with Gasteiger partial charge in [-0.3, -0.25) is 4.79 Å². The number of nitrogens with zero attached hydrogens (tertiary/aromatic N) is 1. The van der Waals surface area contributed by atoms with Gasteiger partial charge in [-0.1, -0.05) is 6.92 Å². The maximum absolute atomic E-state index is 11.5. The van der Waals surface area contributed by atoms with Gasteiger partial charge in [-0.2, -0.15) is 0 Å². The first-order chi connectivity index (χ1) is 5.46. The third kappa shape index (κ3) is 1.62. The van der Waals surface area contributed by atoms with Crippen LogP contribution in [-0.4, -0.2) is 22.4 Å². The van der Waals surface area contributed by atoms with Gasteiger partial charge in [0.1, 0.15) is 0 Å². The van der Waals surface area contributed by atoms with E-state index in [9.17, 15) is 4.79 Å². The number of hydrogen-bond acceptors (Lipinski definition) is 1. The molecule has 1 heterocycles. The van der Waals surface area contributed by atoms with E-state index in [0.29, 0.717) is 11.9 Å². The van der Waals surface area contributed by atoms with E-state index in [1.165, 1.54) is 0 Å². The summed E-state index contributed by atoms with van der Waals surface area (Å²) in [6, 6.07) is 0.484. The van der Waals surface area contributed by atoms with Gasteiger partial charge in [0.15, 0.2) is 0 Å². The minimum Gasteiger partial charge on any atom is -0.335 e. The van der Waals surface area contributed by atoms with Crippen LogP contribution in [0.2, 0.25) is 0 Å². The number of rotatable bonds is 1. The molecule has 1 unspecified atom stereocenters. The van der Waals surface area contributed by atoms with Crippen molar-refractivity contribution in [3.8, 4) is 0 Å². The molecule has 0 aromatic rings. The fraction of sp³-hybridized carbons (Fsp3) is 0.900. The summed E-state index contributed by atoms with van der Waals surface area (Å²) in [4.78, 5) is 13.6. The van der Waals surface area contributed by atoms with Gasteiger partial charge in [0.25, 0.3) is 0 Å². The van der Waals surface area contributed by atoms with Crippen LogP contribution in [0.15, 0.2) is 0 Å². The second-order valence-electron chi connectivity index (χ2n) is 4.54. The van der Waals surface area contributed by atoms with Gasteiger partial charge in [0, 0.05) is 18.0 Å². The minimum atomic E-state index is 0.00819. The van der Waals surface area contributed by atoms with E-state index in [1.54, 1.807) is 0 Å². The summed E-state index contributed by atoms with van der Waals surface area (Å²) in [7, 11) is 0. The van der Waals surface area contributed by atoms with Crippen LogP contribution in [0.25, 0.3) is 0 Å². The molecule has 2 heteroatoms. The van der Waals surface area contributed by atoms with Gasteiger partial charge in [0.2, 0.25) is 5.91 Å². The van der Waals surface area contributed by atoms with Gasteiger partial charge in [-0.15, -0.1) is 0 Å². The summed E-state index contributed by atoms with van der Waals surface area (Å²) in [6.07, 6.45) is 2.88. The highest BCUT2D eigenvalue weighted by molar-refractivity contribution is 5.79. The third-order valence-corrected chi connectivity index (χ3v) is 2.52. The maximum atomic E-state index is 11.5. The highest BCUT2D eigenvalue weighted by Crippen LogP contribution is 2.28. The summed E-state index contributed by atoms with van der Waals surface area (Å²) < 4.78 is 0. The van der Waals surface area contributed by atoms with Crippen LogP contribution in [-0.2, 0) is 4.79 Å². The Morgan fingerprint density at radius 2 is 2.08 bits per heavy atom. The highest BCUT2D eigenvalue weighted by Gasteiger charge is 2.36. The summed E-state index contributed by atoms with van der Waals surface area (Å²) in [5.41, 5.74) is 0.00819. The molecule has 0 N–H and O–H groups in total. The van der Waals surface area contributed by atoms with Crippen molar-refractivity contribution in [3.63, 3.8) is 0 Å². The molecule has 1 rings (SSSR count). The van der Waals surface area contributed by atoms with E-state index in [2.05, 4.69) is 27.7 Å². The lowest BCUT2D eigenvalue weighted by molar-refractivity contribution is -0.133. The van der Waals surface area contributed by atoms with Gasteiger partial charge in [-0.25, -0.2) is 0 Å². The minimum absolute atomic E-state index is 0.00819. The molecule has 1 saturated heterocycles. The van der Waals surface area contributed by atoms with E-state index in [1.807, 2.05) is 4.90 Å². The van der Waals surface area contributed by atoms with Crippen LogP contribution in [0, 0.1) is 0 Å². The monoisotopic (exact) mass is 169 g/mol. The summed E-state index contributed by atoms with van der Waals surface area (Å²) >= 11 is 0. The van der Waals surface area contributed by atoms with Gasteiger partial charge < -0.3 is 4.90 Å². The summed E-state index contributed by atoms with van der Waals surface area (Å²) in [6.45, 7) is 8.48. The van der Waals surface area contributed by atoms with E-state index in [4.69, 9.17) is 0 Å². The number of likely N-dealkylation sites (tertiary alicyclic amines) is 1. The third-order valence-electron chi connectivity index (χ3n) is 2.52. The molecule has 0 saturated carbocycles. The Hall–Kier alpha value is -0.530. The van der Waals surface area contributed by atoms with Crippen molar-refractivity contribution in [3.05, 3.63) is 0 Å². The Kier molecular flexibility index (Phi) is 2.45. The number of amides is 1. The molecule has 0 bridgehead atoms. The molecule has 2 nitrogen and oxygen atoms in total. The quantitative estimate of drug-likeness (QED) is 0.589. The molecule has 0 spiro atoms. The first-order valence-electron chi connectivity index (χ1n) is 4.79. The molecule has 0 radical (unpaired) electrons. The second kappa shape index (κ2) is 3.08. The lowest BCUT2D eigenvalue weighted by Crippen LogP contribution is -2.46. The molecule has 1 amide bonds. The van der Waals surface area contributed by atoms with Crippen molar-refractivity contribution in [2.75, 3.05) is 0 Å². The van der Waals surface area contributed by atoms with E-state index >= 15 is 0 Å². The van der Waals surface area contributed by atoms with E-state index in [-0.39, 0.29) is 5.54 Å². The Morgan fingerprint density at radius 3 is 2.42 bits per heavy atom. The van der Waals surface area contributed by atoms with E-state index in [0.717, 1.165) is 19.3 Å². The van der Waals surface area contributed by atoms with Crippen molar-refractivity contribution < 1.29 is 4.79 Å². The average Bonchev–Trinajstić information content (AvgIpc) is 2.29. The first kappa shape index (κ1) is 9.56. The molecular formula is C10H19NO. The van der Waals surface area contributed by atoms with Gasteiger partial charge in [0.05, 0.1) is 0 Å². The van der Waals surface area contributed by atoms with E-state index < -0.39 is 0 Å². The molecule has 0 aromatic heterocycles. The molecule has 1 aliphatic rings. The molecular weight excluding hydrogens is 150 g/mol. The van der Waals surface area contributed by atoms with Crippen molar-refractivity contribution in [2.45, 2.75) is 58.5 Å². The zero-order valence-corrected chi connectivity index (χ0v) is 8.55. The second-order valence-corrected chi connectivity index (χ2v) is 4.54. The van der Waals surface area contributed by atoms with Crippen molar-refractivity contribution >= 4 is 5.91 Å². The number of carbonyl (C=O) groups excluding carboxylic acids is 1. The average molecular weight is 169 g/mol. The summed E-state index contributed by atoms with van der Waals surface area (Å²) in [5.74, 6) is 0.328. The summed E-state index contributed by atoms with van der Waals surface area (Å²) in [5, 5.41) is 0. The maximum Gasteiger partial charge on any atom is 0.223 e. The Morgan fingerprint density at radius 1 is 1.50 bits per heavy atom. The fourth-order valence-electron chi connectivity index (χ4n) is 2.05. The number of carbonyl (C=O) groups is 1. The Balaban J connectivity index is 2.77. The molecule has 1 aliphatic heterocycles. The van der Waals surface area contributed by atoms with Crippen LogP contribution in [0.1, 0.15) is 47.0 Å². The Labute approximate surface area is 74.9 Å². The van der Waals surface area contributed by atoms with Crippen LogP contribution in [0.5, 0.6) is 0 Å². The predicted molar refractivity (Wildman–Crippen MR) is 49.9 cm³/mol. The van der Waals surface area contributed by atoms with Crippen LogP contribution >= 0.6 is 0 Å². The molecule has 0 aliphatic carbocycles. The lowest BCUT2D eigenvalue weighted by atomic mass is 10.0. The molecule has 0 aromatic carbocycles. The predicted octanol–water partition coefficient (Wildman–Crippen LogP) is 2.19. The van der Waals surface area contributed by atoms with Crippen LogP contribution in [0.3, 0.4) is 0 Å². The zero-order chi connectivity index (χ0) is 9.35. The smallest absolute Gasteiger partial charge is 0.223 e. The topological polar surface area (TPSA) is 20.3 Å². The normalized spacial score (nSPS) is 25.2. The Bertz CT molecular complexity index is 181. The standard InChI is InChI=1S/C10H19NO/c1-5-8-6-7-9(12)11(8)10(2,3)4/h8H,5-7H2,1-4H3. The fourth-order valence-corrected chi connectivity index (χ4v) is 2.05. The van der Waals surface area contributed by atoms with Crippen molar-refractivity contribution in [1.82, 2.24) is 4.90 Å². The highest BCUT2D eigenvalue weighted by atomic mass is 16.2. The SMILES string of the molecule is CCC1CCC(=O)N1C(C)(C)C.